The van der Waals surface area contributed by atoms with Gasteiger partial charge in [0.25, 0.3) is 10.0 Å². The van der Waals surface area contributed by atoms with Crippen LogP contribution in [0.25, 0.3) is 0 Å². The van der Waals surface area contributed by atoms with E-state index in [1.54, 1.807) is 24.3 Å². The molecule has 0 radical (unpaired) electrons. The first kappa shape index (κ1) is 18.2. The van der Waals surface area contributed by atoms with Crippen LogP contribution in [0.2, 0.25) is 0 Å². The van der Waals surface area contributed by atoms with Gasteiger partial charge in [0.1, 0.15) is 0 Å². The molecule has 0 atom stereocenters. The molecule has 0 bridgehead atoms. The van der Waals surface area contributed by atoms with E-state index in [2.05, 4.69) is 35.9 Å². The van der Waals surface area contributed by atoms with Gasteiger partial charge in [0, 0.05) is 0 Å². The van der Waals surface area contributed by atoms with Gasteiger partial charge in [0.05, 0.1) is 10.6 Å². The summed E-state index contributed by atoms with van der Waals surface area (Å²) >= 11 is 0. The lowest BCUT2D eigenvalue weighted by molar-refractivity contribution is 0.601. The van der Waals surface area contributed by atoms with Gasteiger partial charge in [-0.1, -0.05) is 65.7 Å². The third-order valence-corrected chi connectivity index (χ3v) is 5.78. The lowest BCUT2D eigenvalue weighted by atomic mass is 10.0. The van der Waals surface area contributed by atoms with E-state index in [0.29, 0.717) is 5.69 Å². The molecule has 0 heterocycles. The van der Waals surface area contributed by atoms with Crippen LogP contribution in [0.1, 0.15) is 22.3 Å². The molecule has 0 fully saturated rings. The van der Waals surface area contributed by atoms with Crippen LogP contribution in [0, 0.1) is 13.8 Å². The van der Waals surface area contributed by atoms with Gasteiger partial charge < -0.3 is 0 Å². The van der Waals surface area contributed by atoms with Crippen molar-refractivity contribution in [3.8, 4) is 0 Å². The zero-order valence-corrected chi connectivity index (χ0v) is 15.9. The molecule has 1 N–H and O–H groups in total. The molecule has 0 saturated heterocycles. The van der Waals surface area contributed by atoms with E-state index in [9.17, 15) is 8.42 Å². The molecule has 26 heavy (non-hydrogen) atoms. The fourth-order valence-electron chi connectivity index (χ4n) is 2.79. The molecule has 0 aliphatic rings. The monoisotopic (exact) mass is 365 g/mol. The number of aryl methyl sites for hydroxylation is 4. The fraction of sp³-hybridized carbons (Fsp3) is 0.182. The Labute approximate surface area is 155 Å². The number of nitrogens with one attached hydrogen (secondary N) is 1. The van der Waals surface area contributed by atoms with E-state index in [1.807, 2.05) is 31.2 Å². The van der Waals surface area contributed by atoms with Crippen LogP contribution in [0.5, 0.6) is 0 Å². The molecular formula is C22H23NO2S. The van der Waals surface area contributed by atoms with Crippen LogP contribution < -0.4 is 4.72 Å². The number of hydrogen-bond donors (Lipinski definition) is 1. The molecule has 3 aromatic rings. The topological polar surface area (TPSA) is 46.2 Å². The van der Waals surface area contributed by atoms with Gasteiger partial charge in [-0.15, -0.1) is 0 Å². The van der Waals surface area contributed by atoms with Crippen molar-refractivity contribution in [2.75, 3.05) is 4.72 Å². The highest BCUT2D eigenvalue weighted by Gasteiger charge is 2.15. The number of para-hydroxylation sites is 1. The Kier molecular flexibility index (Phi) is 5.43. The fourth-order valence-corrected chi connectivity index (χ4v) is 3.89. The highest BCUT2D eigenvalue weighted by molar-refractivity contribution is 7.92. The molecule has 3 aromatic carbocycles. The summed E-state index contributed by atoms with van der Waals surface area (Å²) in [6.07, 6.45) is 1.64. The van der Waals surface area contributed by atoms with E-state index in [4.69, 9.17) is 0 Å². The summed E-state index contributed by atoms with van der Waals surface area (Å²) in [5.41, 5.74) is 5.14. The van der Waals surface area contributed by atoms with Crippen molar-refractivity contribution in [3.05, 3.63) is 95.1 Å². The van der Waals surface area contributed by atoms with Crippen LogP contribution in [0.15, 0.2) is 77.7 Å². The summed E-state index contributed by atoms with van der Waals surface area (Å²) in [5.74, 6) is 0. The molecule has 0 aliphatic heterocycles. The smallest absolute Gasteiger partial charge is 0.261 e. The summed E-state index contributed by atoms with van der Waals surface area (Å²) in [6.45, 7) is 4.00. The van der Waals surface area contributed by atoms with Crippen LogP contribution >= 0.6 is 0 Å². The quantitative estimate of drug-likeness (QED) is 0.676. The van der Waals surface area contributed by atoms with Crippen LogP contribution in [-0.4, -0.2) is 8.42 Å². The van der Waals surface area contributed by atoms with Gasteiger partial charge in [-0.05, 0) is 56.0 Å². The van der Waals surface area contributed by atoms with Crippen molar-refractivity contribution < 1.29 is 8.42 Å². The van der Waals surface area contributed by atoms with Crippen molar-refractivity contribution in [1.29, 1.82) is 0 Å². The largest absolute Gasteiger partial charge is 0.279 e. The highest BCUT2D eigenvalue weighted by Crippen LogP contribution is 2.22. The minimum Gasteiger partial charge on any atom is -0.279 e. The number of hydrogen-bond acceptors (Lipinski definition) is 2. The minimum absolute atomic E-state index is 0.274. The van der Waals surface area contributed by atoms with Gasteiger partial charge >= 0.3 is 0 Å². The Bertz CT molecular complexity index is 975. The maximum Gasteiger partial charge on any atom is 0.261 e. The van der Waals surface area contributed by atoms with Crippen molar-refractivity contribution in [3.63, 3.8) is 0 Å². The third-order valence-electron chi connectivity index (χ3n) is 4.40. The lowest BCUT2D eigenvalue weighted by Crippen LogP contribution is -2.14. The number of sulfonamides is 1. The molecule has 0 saturated carbocycles. The summed E-state index contributed by atoms with van der Waals surface area (Å²) < 4.78 is 28.1. The first-order valence-corrected chi connectivity index (χ1v) is 10.2. The molecule has 0 amide bonds. The zero-order chi connectivity index (χ0) is 18.6. The predicted molar refractivity (Wildman–Crippen MR) is 107 cm³/mol. The Hall–Kier alpha value is -2.59. The summed E-state index contributed by atoms with van der Waals surface area (Å²) in [7, 11) is -3.59. The van der Waals surface area contributed by atoms with E-state index >= 15 is 0 Å². The van der Waals surface area contributed by atoms with Crippen molar-refractivity contribution in [2.45, 2.75) is 31.6 Å². The van der Waals surface area contributed by atoms with Crippen molar-refractivity contribution in [1.82, 2.24) is 0 Å². The molecule has 3 rings (SSSR count). The Morgan fingerprint density at radius 3 is 1.96 bits per heavy atom. The number of rotatable bonds is 6. The SMILES string of the molecule is Cc1ccc(CCc2ccccc2NS(=O)(=O)c2ccc(C)cc2)cc1. The average Bonchev–Trinajstić information content (AvgIpc) is 2.62. The van der Waals surface area contributed by atoms with E-state index < -0.39 is 10.0 Å². The standard InChI is InChI=1S/C22H23NO2S/c1-17-7-11-19(12-8-17)13-14-20-5-3-4-6-22(20)23-26(24,25)21-15-9-18(2)10-16-21/h3-12,15-16,23H,13-14H2,1-2H3. The van der Waals surface area contributed by atoms with Crippen molar-refractivity contribution in [2.24, 2.45) is 0 Å². The van der Waals surface area contributed by atoms with Crippen LogP contribution in [0.4, 0.5) is 5.69 Å². The first-order chi connectivity index (χ1) is 12.4. The van der Waals surface area contributed by atoms with Gasteiger partial charge in [-0.2, -0.15) is 0 Å². The number of benzene rings is 3. The van der Waals surface area contributed by atoms with E-state index in [-0.39, 0.29) is 4.90 Å². The minimum atomic E-state index is -3.59. The Morgan fingerprint density at radius 2 is 1.31 bits per heavy atom. The second kappa shape index (κ2) is 7.75. The van der Waals surface area contributed by atoms with E-state index in [0.717, 1.165) is 24.0 Å². The summed E-state index contributed by atoms with van der Waals surface area (Å²) in [4.78, 5) is 0.274. The Morgan fingerprint density at radius 1 is 0.731 bits per heavy atom. The molecule has 134 valence electrons. The lowest BCUT2D eigenvalue weighted by Gasteiger charge is -2.13. The second-order valence-corrected chi connectivity index (χ2v) is 8.24. The molecule has 0 spiro atoms. The predicted octanol–water partition coefficient (Wildman–Crippen LogP) is 4.89. The first-order valence-electron chi connectivity index (χ1n) is 8.67. The zero-order valence-electron chi connectivity index (χ0n) is 15.1. The third kappa shape index (κ3) is 4.52. The molecule has 0 aliphatic carbocycles. The summed E-state index contributed by atoms with van der Waals surface area (Å²) in [5, 5.41) is 0. The van der Waals surface area contributed by atoms with Crippen LogP contribution in [0.3, 0.4) is 0 Å². The maximum absolute atomic E-state index is 12.7. The van der Waals surface area contributed by atoms with E-state index in [1.165, 1.54) is 11.1 Å². The maximum atomic E-state index is 12.7. The molecule has 0 unspecified atom stereocenters. The molecule has 4 heteroatoms. The molecule has 0 aromatic heterocycles. The Balaban J connectivity index is 1.78. The van der Waals surface area contributed by atoms with Gasteiger partial charge in [0.2, 0.25) is 0 Å². The van der Waals surface area contributed by atoms with Gasteiger partial charge in [-0.25, -0.2) is 8.42 Å². The summed E-state index contributed by atoms with van der Waals surface area (Å²) in [6, 6.07) is 22.9. The molecule has 3 nitrogen and oxygen atoms in total. The average molecular weight is 365 g/mol. The second-order valence-electron chi connectivity index (χ2n) is 6.56. The number of anilines is 1. The highest BCUT2D eigenvalue weighted by atomic mass is 32.2. The van der Waals surface area contributed by atoms with Gasteiger partial charge in [0.15, 0.2) is 0 Å². The normalized spacial score (nSPS) is 11.3. The molecular weight excluding hydrogens is 342 g/mol. The van der Waals surface area contributed by atoms with Crippen LogP contribution in [-0.2, 0) is 22.9 Å². The van der Waals surface area contributed by atoms with Crippen molar-refractivity contribution >= 4 is 15.7 Å². The van der Waals surface area contributed by atoms with Gasteiger partial charge in [-0.3, -0.25) is 4.72 Å².